The maximum atomic E-state index is 12.2. The fraction of sp³-hybridized carbons (Fsp3) is 0.312. The van der Waals surface area contributed by atoms with Crippen LogP contribution in [0.25, 0.3) is 0 Å². The average molecular weight is 304 g/mol. The molecule has 0 aliphatic heterocycles. The molecule has 1 N–H and O–H groups in total. The third-order valence-electron chi connectivity index (χ3n) is 3.59. The van der Waals surface area contributed by atoms with Crippen molar-refractivity contribution in [1.82, 2.24) is 9.71 Å². The molecule has 0 saturated carbocycles. The highest BCUT2D eigenvalue weighted by Crippen LogP contribution is 2.20. The summed E-state index contributed by atoms with van der Waals surface area (Å²) in [5, 5.41) is 0. The van der Waals surface area contributed by atoms with Crippen molar-refractivity contribution in [3.8, 4) is 0 Å². The summed E-state index contributed by atoms with van der Waals surface area (Å²) in [4.78, 5) is 4.20. The molecule has 1 heterocycles. The van der Waals surface area contributed by atoms with Crippen molar-refractivity contribution in [3.63, 3.8) is 0 Å². The molecule has 2 rings (SSSR count). The lowest BCUT2D eigenvalue weighted by molar-refractivity contribution is 0.581. The first kappa shape index (κ1) is 15.7. The lowest BCUT2D eigenvalue weighted by Crippen LogP contribution is -2.23. The number of nitrogens with one attached hydrogen (secondary N) is 1. The Labute approximate surface area is 126 Å². The first-order valence-electron chi connectivity index (χ1n) is 7.01. The van der Waals surface area contributed by atoms with Gasteiger partial charge >= 0.3 is 0 Å². The number of sulfonamides is 1. The van der Waals surface area contributed by atoms with E-state index < -0.39 is 10.0 Å². The van der Waals surface area contributed by atoms with Gasteiger partial charge in [0.2, 0.25) is 10.0 Å². The summed E-state index contributed by atoms with van der Waals surface area (Å²) in [6.07, 6.45) is 4.32. The smallest absolute Gasteiger partial charge is 0.240 e. The lowest BCUT2D eigenvalue weighted by atomic mass is 9.99. The Bertz CT molecular complexity index is 667. The SMILES string of the molecule is CC[C@H](C)c1ccc(S(=O)(=O)NCc2ccncc2)cc1. The van der Waals surface area contributed by atoms with Gasteiger partial charge in [-0.3, -0.25) is 4.98 Å². The van der Waals surface area contributed by atoms with E-state index in [1.54, 1.807) is 36.7 Å². The molecule has 1 aromatic heterocycles. The molecular formula is C16H20N2O2S. The van der Waals surface area contributed by atoms with Crippen molar-refractivity contribution < 1.29 is 8.42 Å². The zero-order chi connectivity index (χ0) is 15.3. The maximum Gasteiger partial charge on any atom is 0.240 e. The van der Waals surface area contributed by atoms with Crippen molar-refractivity contribution in [2.45, 2.75) is 37.6 Å². The zero-order valence-corrected chi connectivity index (χ0v) is 13.1. The maximum absolute atomic E-state index is 12.2. The first-order chi connectivity index (χ1) is 10.0. The quantitative estimate of drug-likeness (QED) is 0.892. The highest BCUT2D eigenvalue weighted by molar-refractivity contribution is 7.89. The first-order valence-corrected chi connectivity index (χ1v) is 8.50. The van der Waals surface area contributed by atoms with E-state index in [4.69, 9.17) is 0 Å². The van der Waals surface area contributed by atoms with E-state index in [0.29, 0.717) is 10.8 Å². The molecule has 1 atom stereocenters. The standard InChI is InChI=1S/C16H20N2O2S/c1-3-13(2)15-4-6-16(7-5-15)21(19,20)18-12-14-8-10-17-11-9-14/h4-11,13,18H,3,12H2,1-2H3/t13-/m0/s1. The summed E-state index contributed by atoms with van der Waals surface area (Å²) in [7, 11) is -3.48. The predicted octanol–water partition coefficient (Wildman–Crippen LogP) is 3.07. The fourth-order valence-corrected chi connectivity index (χ4v) is 2.99. The number of benzene rings is 1. The molecule has 0 unspecified atom stereocenters. The van der Waals surface area contributed by atoms with Crippen LogP contribution < -0.4 is 4.72 Å². The summed E-state index contributed by atoms with van der Waals surface area (Å²) >= 11 is 0. The summed E-state index contributed by atoms with van der Waals surface area (Å²) in [5.74, 6) is 0.437. The summed E-state index contributed by atoms with van der Waals surface area (Å²) in [6, 6.07) is 10.7. The van der Waals surface area contributed by atoms with Crippen molar-refractivity contribution in [2.24, 2.45) is 0 Å². The second-order valence-electron chi connectivity index (χ2n) is 5.06. The second kappa shape index (κ2) is 6.83. The summed E-state index contributed by atoms with van der Waals surface area (Å²) in [6.45, 7) is 4.51. The van der Waals surface area contributed by atoms with Crippen LogP contribution in [0.5, 0.6) is 0 Å². The minimum absolute atomic E-state index is 0.262. The summed E-state index contributed by atoms with van der Waals surface area (Å²) < 4.78 is 27.1. The highest BCUT2D eigenvalue weighted by atomic mass is 32.2. The van der Waals surface area contributed by atoms with E-state index in [1.165, 1.54) is 0 Å². The fourth-order valence-electron chi connectivity index (χ4n) is 1.97. The van der Waals surface area contributed by atoms with Gasteiger partial charge < -0.3 is 0 Å². The number of aromatic nitrogens is 1. The molecule has 4 nitrogen and oxygen atoms in total. The van der Waals surface area contributed by atoms with E-state index in [-0.39, 0.29) is 6.54 Å². The molecule has 0 bridgehead atoms. The van der Waals surface area contributed by atoms with Crippen molar-refractivity contribution in [2.75, 3.05) is 0 Å². The van der Waals surface area contributed by atoms with Crippen LogP contribution in [-0.2, 0) is 16.6 Å². The normalized spacial score (nSPS) is 13.0. The van der Waals surface area contributed by atoms with Gasteiger partial charge in [-0.05, 0) is 47.7 Å². The molecule has 0 aliphatic rings. The Morgan fingerprint density at radius 2 is 1.71 bits per heavy atom. The van der Waals surface area contributed by atoms with E-state index in [2.05, 4.69) is 23.6 Å². The molecule has 0 fully saturated rings. The molecule has 0 aliphatic carbocycles. The van der Waals surface area contributed by atoms with Crippen LogP contribution in [0.2, 0.25) is 0 Å². The van der Waals surface area contributed by atoms with Gasteiger partial charge in [-0.25, -0.2) is 13.1 Å². The third-order valence-corrected chi connectivity index (χ3v) is 5.00. The van der Waals surface area contributed by atoms with E-state index in [1.807, 2.05) is 12.1 Å². The number of pyridine rings is 1. The third kappa shape index (κ3) is 4.12. The Balaban J connectivity index is 2.09. The predicted molar refractivity (Wildman–Crippen MR) is 83.4 cm³/mol. The second-order valence-corrected chi connectivity index (χ2v) is 6.83. The van der Waals surface area contributed by atoms with Crippen molar-refractivity contribution >= 4 is 10.0 Å². The minimum Gasteiger partial charge on any atom is -0.265 e. The van der Waals surface area contributed by atoms with Crippen molar-refractivity contribution in [1.29, 1.82) is 0 Å². The molecule has 112 valence electrons. The van der Waals surface area contributed by atoms with Gasteiger partial charge in [0, 0.05) is 18.9 Å². The van der Waals surface area contributed by atoms with Crippen LogP contribution in [0, 0.1) is 0 Å². The summed E-state index contributed by atoms with van der Waals surface area (Å²) in [5.41, 5.74) is 2.04. The molecule has 0 radical (unpaired) electrons. The van der Waals surface area contributed by atoms with E-state index in [0.717, 1.165) is 17.5 Å². The number of rotatable bonds is 6. The monoisotopic (exact) mass is 304 g/mol. The largest absolute Gasteiger partial charge is 0.265 e. The minimum atomic E-state index is -3.48. The Morgan fingerprint density at radius 3 is 2.29 bits per heavy atom. The Hall–Kier alpha value is -1.72. The van der Waals surface area contributed by atoms with Crippen LogP contribution in [0.1, 0.15) is 37.3 Å². The van der Waals surface area contributed by atoms with Gasteiger partial charge in [0.05, 0.1) is 4.90 Å². The van der Waals surface area contributed by atoms with Crippen LogP contribution >= 0.6 is 0 Å². The number of hydrogen-bond donors (Lipinski definition) is 1. The van der Waals surface area contributed by atoms with Gasteiger partial charge in [0.15, 0.2) is 0 Å². The molecule has 0 spiro atoms. The van der Waals surface area contributed by atoms with Crippen LogP contribution in [-0.4, -0.2) is 13.4 Å². The van der Waals surface area contributed by atoms with Gasteiger partial charge in [0.25, 0.3) is 0 Å². The Kier molecular flexibility index (Phi) is 5.09. The number of nitrogens with zero attached hydrogens (tertiary/aromatic N) is 1. The number of hydrogen-bond acceptors (Lipinski definition) is 3. The average Bonchev–Trinajstić information content (AvgIpc) is 2.53. The van der Waals surface area contributed by atoms with Crippen LogP contribution in [0.15, 0.2) is 53.7 Å². The van der Waals surface area contributed by atoms with Crippen LogP contribution in [0.3, 0.4) is 0 Å². The Morgan fingerprint density at radius 1 is 1.10 bits per heavy atom. The van der Waals surface area contributed by atoms with Crippen LogP contribution in [0.4, 0.5) is 0 Å². The van der Waals surface area contributed by atoms with E-state index >= 15 is 0 Å². The topological polar surface area (TPSA) is 59.1 Å². The van der Waals surface area contributed by atoms with E-state index in [9.17, 15) is 8.42 Å². The molecule has 1 aromatic carbocycles. The molecule has 21 heavy (non-hydrogen) atoms. The molecular weight excluding hydrogens is 284 g/mol. The highest BCUT2D eigenvalue weighted by Gasteiger charge is 2.14. The molecule has 0 saturated heterocycles. The van der Waals surface area contributed by atoms with Crippen molar-refractivity contribution in [3.05, 3.63) is 59.9 Å². The van der Waals surface area contributed by atoms with Gasteiger partial charge in [0.1, 0.15) is 0 Å². The lowest BCUT2D eigenvalue weighted by Gasteiger charge is -2.11. The van der Waals surface area contributed by atoms with Gasteiger partial charge in [-0.15, -0.1) is 0 Å². The molecule has 0 amide bonds. The van der Waals surface area contributed by atoms with Gasteiger partial charge in [-0.2, -0.15) is 0 Å². The molecule has 5 heteroatoms. The zero-order valence-electron chi connectivity index (χ0n) is 12.3. The molecule has 2 aromatic rings. The van der Waals surface area contributed by atoms with Gasteiger partial charge in [-0.1, -0.05) is 26.0 Å².